The van der Waals surface area contributed by atoms with Gasteiger partial charge in [-0.2, -0.15) is 0 Å². The van der Waals surface area contributed by atoms with Gasteiger partial charge in [-0.05, 0) is 25.0 Å². The van der Waals surface area contributed by atoms with E-state index in [9.17, 15) is 9.90 Å². The van der Waals surface area contributed by atoms with Gasteiger partial charge in [0.2, 0.25) is 0 Å². The molecule has 0 saturated carbocycles. The van der Waals surface area contributed by atoms with Crippen LogP contribution in [0.1, 0.15) is 50.0 Å². The molecule has 0 radical (unpaired) electrons. The third-order valence-electron chi connectivity index (χ3n) is 3.73. The molecule has 21 heavy (non-hydrogen) atoms. The van der Waals surface area contributed by atoms with Crippen molar-refractivity contribution in [3.8, 4) is 0 Å². The van der Waals surface area contributed by atoms with E-state index in [2.05, 4.69) is 17.2 Å². The number of unbranched alkanes of at least 4 members (excludes halogenated alkanes) is 3. The third-order valence-corrected chi connectivity index (χ3v) is 3.73. The Kier molecular flexibility index (Phi) is 5.20. The molecule has 0 saturated heterocycles. The number of pyridine rings is 1. The lowest BCUT2D eigenvalue weighted by Crippen LogP contribution is -2.46. The number of amides is 1. The highest BCUT2D eigenvalue weighted by Crippen LogP contribution is 2.24. The van der Waals surface area contributed by atoms with Crippen LogP contribution in [-0.2, 0) is 4.79 Å². The van der Waals surface area contributed by atoms with Crippen molar-refractivity contribution in [2.75, 3.05) is 6.54 Å². The van der Waals surface area contributed by atoms with E-state index in [1.165, 1.54) is 6.20 Å². The normalized spacial score (nSPS) is 18.4. The molecule has 1 aromatic rings. The SMILES string of the molecule is CCCCCCN1C(=O)C(O)=CNC1c1ncccc1C. The summed E-state index contributed by atoms with van der Waals surface area (Å²) in [6.45, 7) is 4.74. The first kappa shape index (κ1) is 15.4. The number of carbonyl (C=O) groups is 1. The van der Waals surface area contributed by atoms with Gasteiger partial charge in [0, 0.05) is 18.9 Å². The van der Waals surface area contributed by atoms with Crippen molar-refractivity contribution in [1.82, 2.24) is 15.2 Å². The molecule has 2 N–H and O–H groups in total. The van der Waals surface area contributed by atoms with Crippen LogP contribution in [0.3, 0.4) is 0 Å². The van der Waals surface area contributed by atoms with Crippen LogP contribution in [0.15, 0.2) is 30.3 Å². The molecule has 1 aliphatic heterocycles. The minimum Gasteiger partial charge on any atom is -0.502 e. The maximum absolute atomic E-state index is 12.2. The first-order valence-corrected chi connectivity index (χ1v) is 7.52. The number of aliphatic hydroxyl groups excluding tert-OH is 1. The second-order valence-corrected chi connectivity index (χ2v) is 5.36. The summed E-state index contributed by atoms with van der Waals surface area (Å²) in [6, 6.07) is 3.85. The predicted molar refractivity (Wildman–Crippen MR) is 81.4 cm³/mol. The van der Waals surface area contributed by atoms with Crippen molar-refractivity contribution in [1.29, 1.82) is 0 Å². The van der Waals surface area contributed by atoms with Gasteiger partial charge in [-0.1, -0.05) is 32.3 Å². The highest BCUT2D eigenvalue weighted by molar-refractivity contribution is 5.92. The van der Waals surface area contributed by atoms with Gasteiger partial charge < -0.3 is 15.3 Å². The summed E-state index contributed by atoms with van der Waals surface area (Å²) in [5.41, 5.74) is 1.85. The second kappa shape index (κ2) is 7.11. The van der Waals surface area contributed by atoms with Crippen LogP contribution in [0.4, 0.5) is 0 Å². The lowest BCUT2D eigenvalue weighted by molar-refractivity contribution is -0.134. The van der Waals surface area contributed by atoms with Crippen LogP contribution < -0.4 is 5.32 Å². The number of nitrogens with zero attached hydrogens (tertiary/aromatic N) is 2. The van der Waals surface area contributed by atoms with Crippen LogP contribution in [0.5, 0.6) is 0 Å². The maximum Gasteiger partial charge on any atom is 0.292 e. The van der Waals surface area contributed by atoms with Crippen molar-refractivity contribution >= 4 is 5.91 Å². The van der Waals surface area contributed by atoms with Gasteiger partial charge in [0.1, 0.15) is 6.17 Å². The fourth-order valence-electron chi connectivity index (χ4n) is 2.52. The molecule has 114 valence electrons. The summed E-state index contributed by atoms with van der Waals surface area (Å²) in [7, 11) is 0. The molecule has 5 nitrogen and oxygen atoms in total. The smallest absolute Gasteiger partial charge is 0.292 e. The molecule has 1 aromatic heterocycles. The Balaban J connectivity index is 2.17. The van der Waals surface area contributed by atoms with Gasteiger partial charge in [0.05, 0.1) is 5.69 Å². The molecule has 0 aromatic carbocycles. The highest BCUT2D eigenvalue weighted by atomic mass is 16.3. The number of nitrogens with one attached hydrogen (secondary N) is 1. The lowest BCUT2D eigenvalue weighted by atomic mass is 10.1. The number of aliphatic hydroxyl groups is 1. The van der Waals surface area contributed by atoms with Crippen LogP contribution in [0, 0.1) is 6.92 Å². The summed E-state index contributed by atoms with van der Waals surface area (Å²) in [4.78, 5) is 18.3. The Morgan fingerprint density at radius 2 is 2.19 bits per heavy atom. The summed E-state index contributed by atoms with van der Waals surface area (Å²) in [5, 5.41) is 12.7. The topological polar surface area (TPSA) is 65.5 Å². The maximum atomic E-state index is 12.2. The van der Waals surface area contributed by atoms with Crippen molar-refractivity contribution in [2.24, 2.45) is 0 Å². The van der Waals surface area contributed by atoms with E-state index in [0.717, 1.165) is 36.9 Å². The molecule has 5 heteroatoms. The lowest BCUT2D eigenvalue weighted by Gasteiger charge is -2.35. The van der Waals surface area contributed by atoms with E-state index >= 15 is 0 Å². The fourth-order valence-corrected chi connectivity index (χ4v) is 2.52. The Labute approximate surface area is 125 Å². The monoisotopic (exact) mass is 289 g/mol. The third kappa shape index (κ3) is 3.54. The predicted octanol–water partition coefficient (Wildman–Crippen LogP) is 2.80. The standard InChI is InChI=1S/C16H23N3O2/c1-3-4-5-6-10-19-15(18-11-13(20)16(19)21)14-12(2)8-7-9-17-14/h7-9,11,15,18,20H,3-6,10H2,1-2H3. The minimum absolute atomic E-state index is 0.240. The summed E-state index contributed by atoms with van der Waals surface area (Å²) in [6.07, 6.45) is 7.10. The number of hydrogen-bond donors (Lipinski definition) is 2. The zero-order valence-corrected chi connectivity index (χ0v) is 12.7. The summed E-state index contributed by atoms with van der Waals surface area (Å²) in [5.74, 6) is -0.573. The van der Waals surface area contributed by atoms with Gasteiger partial charge in [-0.15, -0.1) is 0 Å². The average Bonchev–Trinajstić information content (AvgIpc) is 2.49. The molecule has 0 bridgehead atoms. The molecule has 2 heterocycles. The Morgan fingerprint density at radius 1 is 1.38 bits per heavy atom. The zero-order valence-electron chi connectivity index (χ0n) is 12.7. The Morgan fingerprint density at radius 3 is 2.90 bits per heavy atom. The average molecular weight is 289 g/mol. The highest BCUT2D eigenvalue weighted by Gasteiger charge is 2.31. The Bertz CT molecular complexity index is 528. The van der Waals surface area contributed by atoms with Gasteiger partial charge >= 0.3 is 0 Å². The van der Waals surface area contributed by atoms with E-state index in [-0.39, 0.29) is 17.8 Å². The van der Waals surface area contributed by atoms with Crippen LogP contribution >= 0.6 is 0 Å². The molecular formula is C16H23N3O2. The van der Waals surface area contributed by atoms with Gasteiger partial charge in [-0.25, -0.2) is 0 Å². The van der Waals surface area contributed by atoms with Gasteiger partial charge in [0.15, 0.2) is 5.76 Å². The van der Waals surface area contributed by atoms with Gasteiger partial charge in [-0.3, -0.25) is 9.78 Å². The summed E-state index contributed by atoms with van der Waals surface area (Å²) >= 11 is 0. The van der Waals surface area contributed by atoms with E-state index in [1.54, 1.807) is 11.1 Å². The molecule has 1 amide bonds. The van der Waals surface area contributed by atoms with E-state index in [4.69, 9.17) is 0 Å². The molecule has 1 atom stereocenters. The van der Waals surface area contributed by atoms with Crippen molar-refractivity contribution in [2.45, 2.75) is 45.7 Å². The van der Waals surface area contributed by atoms with Crippen LogP contribution in [0.2, 0.25) is 0 Å². The molecule has 2 rings (SSSR count). The van der Waals surface area contributed by atoms with Gasteiger partial charge in [0.25, 0.3) is 5.91 Å². The first-order valence-electron chi connectivity index (χ1n) is 7.52. The molecule has 1 unspecified atom stereocenters. The number of hydrogen-bond acceptors (Lipinski definition) is 4. The van der Waals surface area contributed by atoms with E-state index < -0.39 is 0 Å². The van der Waals surface area contributed by atoms with Crippen molar-refractivity contribution in [3.63, 3.8) is 0 Å². The number of carbonyl (C=O) groups excluding carboxylic acids is 1. The number of aromatic nitrogens is 1. The molecule has 0 spiro atoms. The number of aryl methyl sites for hydroxylation is 1. The van der Waals surface area contributed by atoms with Crippen molar-refractivity contribution < 1.29 is 9.90 Å². The van der Waals surface area contributed by atoms with Crippen LogP contribution in [0.25, 0.3) is 0 Å². The van der Waals surface area contributed by atoms with Crippen molar-refractivity contribution in [3.05, 3.63) is 41.5 Å². The number of rotatable bonds is 6. The van der Waals surface area contributed by atoms with E-state index in [1.807, 2.05) is 19.1 Å². The summed E-state index contributed by atoms with van der Waals surface area (Å²) < 4.78 is 0. The molecule has 1 aliphatic rings. The fraction of sp³-hybridized carbons (Fsp3) is 0.500. The molecular weight excluding hydrogens is 266 g/mol. The molecule has 0 fully saturated rings. The van der Waals surface area contributed by atoms with Crippen LogP contribution in [-0.4, -0.2) is 27.4 Å². The van der Waals surface area contributed by atoms with E-state index in [0.29, 0.717) is 6.54 Å². The largest absolute Gasteiger partial charge is 0.502 e. The second-order valence-electron chi connectivity index (χ2n) is 5.36. The Hall–Kier alpha value is -2.04. The first-order chi connectivity index (χ1) is 10.1. The minimum atomic E-state index is -0.333. The quantitative estimate of drug-likeness (QED) is 0.790. The zero-order chi connectivity index (χ0) is 15.2. The molecule has 0 aliphatic carbocycles.